The van der Waals surface area contributed by atoms with Gasteiger partial charge in [-0.15, -0.1) is 0 Å². The van der Waals surface area contributed by atoms with Crippen LogP contribution < -0.4 is 0 Å². The third-order valence-electron chi connectivity index (χ3n) is 1.18. The van der Waals surface area contributed by atoms with Gasteiger partial charge in [0.05, 0.1) is 0 Å². The first-order valence-electron chi connectivity index (χ1n) is 3.37. The van der Waals surface area contributed by atoms with Crippen molar-refractivity contribution in [3.63, 3.8) is 0 Å². The molecule has 0 saturated carbocycles. The van der Waals surface area contributed by atoms with Gasteiger partial charge in [-0.1, -0.05) is 6.08 Å². The zero-order valence-corrected chi connectivity index (χ0v) is 6.17. The molecule has 0 saturated heterocycles. The number of carbonyl (C=O) groups is 2. The maximum absolute atomic E-state index is 10.0. The fraction of sp³-hybridized carbons (Fsp3) is 0.500. The zero-order chi connectivity index (χ0) is 7.82. The highest BCUT2D eigenvalue weighted by Crippen LogP contribution is 1.97. The van der Waals surface area contributed by atoms with E-state index in [4.69, 9.17) is 0 Å². The first-order chi connectivity index (χ1) is 4.81. The van der Waals surface area contributed by atoms with E-state index in [2.05, 4.69) is 0 Å². The quantitative estimate of drug-likeness (QED) is 0.329. The SMILES string of the molecule is CC(C=O)=CCCCC=O. The first kappa shape index (κ1) is 9.08. The van der Waals surface area contributed by atoms with Crippen molar-refractivity contribution >= 4 is 12.6 Å². The molecule has 56 valence electrons. The topological polar surface area (TPSA) is 34.1 Å². The fourth-order valence-corrected chi connectivity index (χ4v) is 0.579. The Kier molecular flexibility index (Phi) is 5.63. The van der Waals surface area contributed by atoms with E-state index < -0.39 is 0 Å². The van der Waals surface area contributed by atoms with Gasteiger partial charge in [0.25, 0.3) is 0 Å². The molecule has 0 radical (unpaired) electrons. The number of aldehydes is 2. The van der Waals surface area contributed by atoms with Gasteiger partial charge in [0.1, 0.15) is 12.6 Å². The lowest BCUT2D eigenvalue weighted by Crippen LogP contribution is -1.78. The highest BCUT2D eigenvalue weighted by atomic mass is 16.1. The molecule has 0 aromatic heterocycles. The lowest BCUT2D eigenvalue weighted by Gasteiger charge is -1.88. The van der Waals surface area contributed by atoms with Gasteiger partial charge in [-0.25, -0.2) is 0 Å². The number of allylic oxidation sites excluding steroid dienone is 2. The van der Waals surface area contributed by atoms with Crippen LogP contribution in [0.5, 0.6) is 0 Å². The molecular weight excluding hydrogens is 128 g/mol. The molecular formula is C8H12O2. The molecule has 0 bridgehead atoms. The second-order valence-corrected chi connectivity index (χ2v) is 2.16. The van der Waals surface area contributed by atoms with Gasteiger partial charge in [-0.05, 0) is 25.3 Å². The van der Waals surface area contributed by atoms with Crippen LogP contribution in [0.3, 0.4) is 0 Å². The Balaban J connectivity index is 3.33. The first-order valence-corrected chi connectivity index (χ1v) is 3.37. The van der Waals surface area contributed by atoms with Gasteiger partial charge in [-0.3, -0.25) is 4.79 Å². The molecule has 0 aromatic rings. The second kappa shape index (κ2) is 6.20. The molecule has 0 N–H and O–H groups in total. The molecule has 0 aliphatic heterocycles. The van der Waals surface area contributed by atoms with E-state index in [1.807, 2.05) is 6.08 Å². The summed E-state index contributed by atoms with van der Waals surface area (Å²) in [5, 5.41) is 0. The summed E-state index contributed by atoms with van der Waals surface area (Å²) in [7, 11) is 0. The van der Waals surface area contributed by atoms with E-state index in [1.54, 1.807) is 6.92 Å². The van der Waals surface area contributed by atoms with Crippen molar-refractivity contribution in [3.8, 4) is 0 Å². The molecule has 0 unspecified atom stereocenters. The summed E-state index contributed by atoms with van der Waals surface area (Å²) in [5.74, 6) is 0. The van der Waals surface area contributed by atoms with Gasteiger partial charge in [0, 0.05) is 6.42 Å². The maximum atomic E-state index is 10.0. The molecule has 0 spiro atoms. The van der Waals surface area contributed by atoms with Crippen LogP contribution in [-0.4, -0.2) is 12.6 Å². The number of unbranched alkanes of at least 4 members (excludes halogenated alkanes) is 2. The summed E-state index contributed by atoms with van der Waals surface area (Å²) in [6, 6.07) is 0. The summed E-state index contributed by atoms with van der Waals surface area (Å²) in [4.78, 5) is 19.9. The minimum atomic E-state index is 0.586. The number of carbonyl (C=O) groups excluding carboxylic acids is 2. The highest BCUT2D eigenvalue weighted by Gasteiger charge is 1.84. The van der Waals surface area contributed by atoms with Crippen LogP contribution >= 0.6 is 0 Å². The normalized spacial score (nSPS) is 11.1. The molecule has 0 rings (SSSR count). The Bertz CT molecular complexity index is 136. The monoisotopic (exact) mass is 140 g/mol. The van der Waals surface area contributed by atoms with E-state index in [9.17, 15) is 9.59 Å². The standard InChI is InChI=1S/C8H12O2/c1-8(7-10)5-3-2-4-6-9/h5-7H,2-4H2,1H3. The smallest absolute Gasteiger partial charge is 0.145 e. The molecule has 0 aliphatic rings. The molecule has 0 aliphatic carbocycles. The van der Waals surface area contributed by atoms with Crippen molar-refractivity contribution in [2.24, 2.45) is 0 Å². The van der Waals surface area contributed by atoms with Crippen molar-refractivity contribution in [2.75, 3.05) is 0 Å². The van der Waals surface area contributed by atoms with Gasteiger partial charge in [0.2, 0.25) is 0 Å². The molecule has 2 heteroatoms. The predicted molar refractivity (Wildman–Crippen MR) is 39.7 cm³/mol. The minimum absolute atomic E-state index is 0.586. The van der Waals surface area contributed by atoms with E-state index in [1.165, 1.54) is 0 Å². The molecule has 0 aromatic carbocycles. The Morgan fingerprint density at radius 3 is 2.50 bits per heavy atom. The van der Waals surface area contributed by atoms with Gasteiger partial charge >= 0.3 is 0 Å². The lowest BCUT2D eigenvalue weighted by atomic mass is 10.2. The van der Waals surface area contributed by atoms with Gasteiger partial charge < -0.3 is 4.79 Å². The predicted octanol–water partition coefficient (Wildman–Crippen LogP) is 1.50. The molecule has 0 heterocycles. The van der Waals surface area contributed by atoms with Crippen molar-refractivity contribution < 1.29 is 9.59 Å². The van der Waals surface area contributed by atoms with Crippen LogP contribution in [-0.2, 0) is 9.59 Å². The second-order valence-electron chi connectivity index (χ2n) is 2.16. The highest BCUT2D eigenvalue weighted by molar-refractivity contribution is 5.71. The molecule has 10 heavy (non-hydrogen) atoms. The summed E-state index contributed by atoms with van der Waals surface area (Å²) in [6.45, 7) is 1.76. The van der Waals surface area contributed by atoms with Gasteiger partial charge in [-0.2, -0.15) is 0 Å². The summed E-state index contributed by atoms with van der Waals surface area (Å²) >= 11 is 0. The summed E-state index contributed by atoms with van der Waals surface area (Å²) in [5.41, 5.74) is 0.742. The van der Waals surface area contributed by atoms with Crippen LogP contribution in [0.25, 0.3) is 0 Å². The summed E-state index contributed by atoms with van der Waals surface area (Å²) < 4.78 is 0. The number of rotatable bonds is 5. The van der Waals surface area contributed by atoms with E-state index in [0.29, 0.717) is 6.42 Å². The minimum Gasteiger partial charge on any atom is -0.303 e. The molecule has 2 nitrogen and oxygen atoms in total. The third-order valence-corrected chi connectivity index (χ3v) is 1.18. The van der Waals surface area contributed by atoms with E-state index in [-0.39, 0.29) is 0 Å². The third kappa shape index (κ3) is 5.22. The molecule has 0 fully saturated rings. The van der Waals surface area contributed by atoms with Crippen LogP contribution in [0.4, 0.5) is 0 Å². The van der Waals surface area contributed by atoms with Crippen molar-refractivity contribution in [2.45, 2.75) is 26.2 Å². The van der Waals surface area contributed by atoms with Crippen LogP contribution in [0, 0.1) is 0 Å². The Hall–Kier alpha value is -0.920. The van der Waals surface area contributed by atoms with Crippen LogP contribution in [0.15, 0.2) is 11.6 Å². The Morgan fingerprint density at radius 1 is 1.30 bits per heavy atom. The largest absolute Gasteiger partial charge is 0.303 e. The van der Waals surface area contributed by atoms with Crippen LogP contribution in [0.2, 0.25) is 0 Å². The van der Waals surface area contributed by atoms with Crippen molar-refractivity contribution in [1.29, 1.82) is 0 Å². The van der Waals surface area contributed by atoms with Gasteiger partial charge in [0.15, 0.2) is 0 Å². The van der Waals surface area contributed by atoms with Crippen molar-refractivity contribution in [3.05, 3.63) is 11.6 Å². The molecule has 0 amide bonds. The zero-order valence-electron chi connectivity index (χ0n) is 6.17. The average molecular weight is 140 g/mol. The van der Waals surface area contributed by atoms with E-state index >= 15 is 0 Å². The van der Waals surface area contributed by atoms with Crippen LogP contribution in [0.1, 0.15) is 26.2 Å². The summed E-state index contributed by atoms with van der Waals surface area (Å²) in [6.07, 6.45) is 5.81. The lowest BCUT2D eigenvalue weighted by molar-refractivity contribution is -0.108. The maximum Gasteiger partial charge on any atom is 0.145 e. The van der Waals surface area contributed by atoms with E-state index in [0.717, 1.165) is 31.0 Å². The molecule has 0 atom stereocenters. The van der Waals surface area contributed by atoms with Crippen molar-refractivity contribution in [1.82, 2.24) is 0 Å². The average Bonchev–Trinajstić information content (AvgIpc) is 1.98. The Morgan fingerprint density at radius 2 is 2.00 bits per heavy atom. The number of hydrogen-bond donors (Lipinski definition) is 0. The fourth-order valence-electron chi connectivity index (χ4n) is 0.579. The Labute approximate surface area is 60.9 Å². The number of hydrogen-bond acceptors (Lipinski definition) is 2.